The van der Waals surface area contributed by atoms with Gasteiger partial charge in [-0.25, -0.2) is 14.8 Å². The molecule has 2 heterocycles. The van der Waals surface area contributed by atoms with Crippen LogP contribution in [0.25, 0.3) is 0 Å². The molecule has 0 aliphatic carbocycles. The predicted octanol–water partition coefficient (Wildman–Crippen LogP) is 2.92. The zero-order chi connectivity index (χ0) is 17.3. The van der Waals surface area contributed by atoms with Gasteiger partial charge in [-0.1, -0.05) is 0 Å². The molecule has 1 aliphatic heterocycles. The molecule has 0 saturated carbocycles. The first-order chi connectivity index (χ1) is 10.5. The Morgan fingerprint density at radius 1 is 1.30 bits per heavy atom. The van der Waals surface area contributed by atoms with Crippen molar-refractivity contribution in [2.45, 2.75) is 45.0 Å². The van der Waals surface area contributed by atoms with E-state index in [0.29, 0.717) is 19.5 Å². The van der Waals surface area contributed by atoms with E-state index >= 15 is 0 Å². The lowest BCUT2D eigenvalue weighted by Crippen LogP contribution is -2.36. The third kappa shape index (κ3) is 4.97. The van der Waals surface area contributed by atoms with Crippen LogP contribution in [-0.2, 0) is 10.9 Å². The molecule has 6 nitrogen and oxygen atoms in total. The molecule has 0 radical (unpaired) electrons. The predicted molar refractivity (Wildman–Crippen MR) is 76.9 cm³/mol. The van der Waals surface area contributed by atoms with Crippen LogP contribution in [0.2, 0.25) is 0 Å². The highest BCUT2D eigenvalue weighted by Gasteiger charge is 2.32. The van der Waals surface area contributed by atoms with Crippen LogP contribution in [-0.4, -0.2) is 45.7 Å². The molecule has 1 amide bonds. The Kier molecular flexibility index (Phi) is 4.67. The normalized spacial score (nSPS) is 18.9. The van der Waals surface area contributed by atoms with E-state index in [-0.39, 0.29) is 12.0 Å². The number of anilines is 1. The molecule has 1 N–H and O–H groups in total. The lowest BCUT2D eigenvalue weighted by atomic mass is 10.2. The number of aromatic nitrogens is 2. The first-order valence-corrected chi connectivity index (χ1v) is 7.18. The summed E-state index contributed by atoms with van der Waals surface area (Å²) in [5.74, 6) is 0.106. The zero-order valence-corrected chi connectivity index (χ0v) is 13.1. The number of carbonyl (C=O) groups excluding carboxylic acids is 1. The summed E-state index contributed by atoms with van der Waals surface area (Å²) in [6.45, 7) is 6.25. The van der Waals surface area contributed by atoms with Crippen molar-refractivity contribution in [1.82, 2.24) is 14.9 Å². The van der Waals surface area contributed by atoms with E-state index in [2.05, 4.69) is 15.3 Å². The fraction of sp³-hybridized carbons (Fsp3) is 0.643. The van der Waals surface area contributed by atoms with E-state index in [9.17, 15) is 18.0 Å². The first-order valence-electron chi connectivity index (χ1n) is 7.18. The maximum Gasteiger partial charge on any atom is 0.419 e. The highest BCUT2D eigenvalue weighted by molar-refractivity contribution is 5.68. The molecule has 1 aromatic heterocycles. The van der Waals surface area contributed by atoms with Crippen molar-refractivity contribution in [3.05, 3.63) is 18.0 Å². The van der Waals surface area contributed by atoms with Gasteiger partial charge in [0.2, 0.25) is 5.95 Å². The maximum absolute atomic E-state index is 12.4. The number of carbonyl (C=O) groups is 1. The summed E-state index contributed by atoms with van der Waals surface area (Å²) in [5, 5.41) is 2.93. The van der Waals surface area contributed by atoms with E-state index in [1.807, 2.05) is 0 Å². The lowest BCUT2D eigenvalue weighted by molar-refractivity contribution is -0.138. The standard InChI is InChI=1S/C14H19F3N4O2/c1-13(2,3)23-12(22)21-5-4-10(8-21)20-11-18-6-9(7-19-11)14(15,16)17/h6-7,10H,4-5,8H2,1-3H3,(H,18,19,20)/t10-/m1/s1. The minimum absolute atomic E-state index is 0.106. The number of rotatable bonds is 2. The number of nitrogens with zero attached hydrogens (tertiary/aromatic N) is 3. The summed E-state index contributed by atoms with van der Waals surface area (Å²) in [4.78, 5) is 20.8. The first kappa shape index (κ1) is 17.3. The van der Waals surface area contributed by atoms with Gasteiger partial charge in [0.05, 0.1) is 5.56 Å². The quantitative estimate of drug-likeness (QED) is 0.902. The van der Waals surface area contributed by atoms with Crippen LogP contribution < -0.4 is 5.32 Å². The largest absolute Gasteiger partial charge is 0.444 e. The molecule has 2 rings (SSSR count). The lowest BCUT2D eigenvalue weighted by Gasteiger charge is -2.24. The van der Waals surface area contributed by atoms with Gasteiger partial charge in [-0.2, -0.15) is 13.2 Å². The monoisotopic (exact) mass is 332 g/mol. The highest BCUT2D eigenvalue weighted by atomic mass is 19.4. The Labute approximate surface area is 132 Å². The van der Waals surface area contributed by atoms with E-state index in [4.69, 9.17) is 4.74 Å². The average Bonchev–Trinajstić information content (AvgIpc) is 2.85. The van der Waals surface area contributed by atoms with Gasteiger partial charge in [0, 0.05) is 31.5 Å². The molecule has 0 bridgehead atoms. The summed E-state index contributed by atoms with van der Waals surface area (Å²) in [7, 11) is 0. The maximum atomic E-state index is 12.4. The van der Waals surface area contributed by atoms with Gasteiger partial charge in [-0.3, -0.25) is 0 Å². The van der Waals surface area contributed by atoms with Gasteiger partial charge < -0.3 is 15.0 Å². The van der Waals surface area contributed by atoms with Crippen molar-refractivity contribution in [3.63, 3.8) is 0 Å². The molecule has 0 unspecified atom stereocenters. The number of nitrogens with one attached hydrogen (secondary N) is 1. The van der Waals surface area contributed by atoms with Crippen molar-refractivity contribution in [2.75, 3.05) is 18.4 Å². The molecule has 1 fully saturated rings. The summed E-state index contributed by atoms with van der Waals surface area (Å²) < 4.78 is 42.6. The third-order valence-electron chi connectivity index (χ3n) is 3.15. The number of amides is 1. The molecule has 23 heavy (non-hydrogen) atoms. The number of likely N-dealkylation sites (tertiary alicyclic amines) is 1. The smallest absolute Gasteiger partial charge is 0.419 e. The molecular formula is C14H19F3N4O2. The van der Waals surface area contributed by atoms with Crippen LogP contribution in [0.3, 0.4) is 0 Å². The second-order valence-electron chi connectivity index (χ2n) is 6.35. The van der Waals surface area contributed by atoms with Crippen molar-refractivity contribution in [3.8, 4) is 0 Å². The molecule has 128 valence electrons. The topological polar surface area (TPSA) is 67.3 Å². The Balaban J connectivity index is 1.89. The average molecular weight is 332 g/mol. The fourth-order valence-corrected chi connectivity index (χ4v) is 2.10. The third-order valence-corrected chi connectivity index (χ3v) is 3.15. The van der Waals surface area contributed by atoms with E-state index in [1.165, 1.54) is 0 Å². The van der Waals surface area contributed by atoms with Crippen molar-refractivity contribution in [2.24, 2.45) is 0 Å². The van der Waals surface area contributed by atoms with Crippen LogP contribution in [0.5, 0.6) is 0 Å². The van der Waals surface area contributed by atoms with E-state index in [1.54, 1.807) is 25.7 Å². The molecule has 1 atom stereocenters. The van der Waals surface area contributed by atoms with Crippen molar-refractivity contribution in [1.29, 1.82) is 0 Å². The molecule has 0 spiro atoms. The van der Waals surface area contributed by atoms with Gasteiger partial charge in [-0.15, -0.1) is 0 Å². The van der Waals surface area contributed by atoms with E-state index in [0.717, 1.165) is 12.4 Å². The van der Waals surface area contributed by atoms with Crippen LogP contribution in [0.4, 0.5) is 23.9 Å². The molecule has 0 aromatic carbocycles. The van der Waals surface area contributed by atoms with Gasteiger partial charge in [-0.05, 0) is 27.2 Å². The Morgan fingerprint density at radius 2 is 1.91 bits per heavy atom. The second-order valence-corrected chi connectivity index (χ2v) is 6.35. The van der Waals surface area contributed by atoms with Gasteiger partial charge >= 0.3 is 12.3 Å². The fourth-order valence-electron chi connectivity index (χ4n) is 2.10. The number of hydrogen-bond acceptors (Lipinski definition) is 5. The van der Waals surface area contributed by atoms with Crippen LogP contribution in [0, 0.1) is 0 Å². The van der Waals surface area contributed by atoms with Crippen LogP contribution in [0.1, 0.15) is 32.8 Å². The summed E-state index contributed by atoms with van der Waals surface area (Å²) >= 11 is 0. The minimum atomic E-state index is -4.46. The second kappa shape index (κ2) is 6.21. The molecule has 1 aliphatic rings. The Morgan fingerprint density at radius 3 is 2.43 bits per heavy atom. The van der Waals surface area contributed by atoms with Crippen molar-refractivity contribution >= 4 is 12.0 Å². The molecule has 9 heteroatoms. The van der Waals surface area contributed by atoms with Gasteiger partial charge in [0.25, 0.3) is 0 Å². The number of alkyl halides is 3. The number of halogens is 3. The Bertz CT molecular complexity index is 555. The highest BCUT2D eigenvalue weighted by Crippen LogP contribution is 2.28. The molecule has 1 saturated heterocycles. The zero-order valence-electron chi connectivity index (χ0n) is 13.1. The summed E-state index contributed by atoms with van der Waals surface area (Å²) in [5.41, 5.74) is -1.47. The van der Waals surface area contributed by atoms with Crippen molar-refractivity contribution < 1.29 is 22.7 Å². The SMILES string of the molecule is CC(C)(C)OC(=O)N1CC[C@@H](Nc2ncc(C(F)(F)F)cn2)C1. The van der Waals surface area contributed by atoms with Gasteiger partial charge in [0.1, 0.15) is 5.60 Å². The Hall–Kier alpha value is -2.06. The van der Waals surface area contributed by atoms with Crippen LogP contribution in [0.15, 0.2) is 12.4 Å². The molecular weight excluding hydrogens is 313 g/mol. The number of ether oxygens (including phenoxy) is 1. The number of hydrogen-bond donors (Lipinski definition) is 1. The minimum Gasteiger partial charge on any atom is -0.444 e. The van der Waals surface area contributed by atoms with E-state index < -0.39 is 23.4 Å². The summed E-state index contributed by atoms with van der Waals surface area (Å²) in [6, 6.07) is -0.126. The van der Waals surface area contributed by atoms with Crippen LogP contribution >= 0.6 is 0 Å². The molecule has 1 aromatic rings. The summed E-state index contributed by atoms with van der Waals surface area (Å²) in [6.07, 6.45) is -2.76. The van der Waals surface area contributed by atoms with Gasteiger partial charge in [0.15, 0.2) is 0 Å².